The molecular weight excluding hydrogens is 260 g/mol. The van der Waals surface area contributed by atoms with Crippen LogP contribution in [-0.2, 0) is 0 Å². The van der Waals surface area contributed by atoms with Crippen LogP contribution in [0, 0.1) is 11.6 Å². The largest absolute Gasteiger partial charge is 0.387 e. The predicted molar refractivity (Wildman–Crippen MR) is 75.4 cm³/mol. The second kappa shape index (κ2) is 7.70. The van der Waals surface area contributed by atoms with Crippen LogP contribution in [0.5, 0.6) is 0 Å². The highest BCUT2D eigenvalue weighted by Gasteiger charge is 2.19. The molecule has 0 heterocycles. The molecule has 1 atom stereocenters. The fourth-order valence-corrected chi connectivity index (χ4v) is 2.87. The summed E-state index contributed by atoms with van der Waals surface area (Å²) >= 11 is 0. The van der Waals surface area contributed by atoms with Gasteiger partial charge in [-0.2, -0.15) is 0 Å². The van der Waals surface area contributed by atoms with E-state index < -0.39 is 17.7 Å². The Labute approximate surface area is 119 Å². The van der Waals surface area contributed by atoms with E-state index in [4.69, 9.17) is 0 Å². The van der Waals surface area contributed by atoms with Crippen LogP contribution in [0.4, 0.5) is 8.78 Å². The highest BCUT2D eigenvalue weighted by atomic mass is 19.1. The van der Waals surface area contributed by atoms with Crippen molar-refractivity contribution in [3.8, 4) is 0 Å². The van der Waals surface area contributed by atoms with Crippen molar-refractivity contribution in [2.24, 2.45) is 0 Å². The van der Waals surface area contributed by atoms with Crippen molar-refractivity contribution in [3.05, 3.63) is 35.4 Å². The lowest BCUT2D eigenvalue weighted by atomic mass is 9.96. The number of aliphatic hydroxyl groups is 1. The molecule has 4 heteroatoms. The second-order valence-corrected chi connectivity index (χ2v) is 5.60. The van der Waals surface area contributed by atoms with Crippen LogP contribution in [0.1, 0.15) is 56.6 Å². The first-order chi connectivity index (χ1) is 9.68. The van der Waals surface area contributed by atoms with Gasteiger partial charge in [-0.3, -0.25) is 0 Å². The van der Waals surface area contributed by atoms with Crippen LogP contribution < -0.4 is 5.32 Å². The summed E-state index contributed by atoms with van der Waals surface area (Å²) in [7, 11) is 0. The SMILES string of the molecule is OC(CNC1CCCCCCC1)c1c(F)cccc1F. The summed E-state index contributed by atoms with van der Waals surface area (Å²) in [6.07, 6.45) is 7.19. The number of halogens is 2. The summed E-state index contributed by atoms with van der Waals surface area (Å²) in [6.45, 7) is 0.197. The Balaban J connectivity index is 1.89. The fourth-order valence-electron chi connectivity index (χ4n) is 2.87. The van der Waals surface area contributed by atoms with Crippen LogP contribution in [0.25, 0.3) is 0 Å². The predicted octanol–water partition coefficient (Wildman–Crippen LogP) is 3.70. The van der Waals surface area contributed by atoms with Crippen LogP contribution in [-0.4, -0.2) is 17.7 Å². The van der Waals surface area contributed by atoms with Crippen LogP contribution in [0.15, 0.2) is 18.2 Å². The topological polar surface area (TPSA) is 32.3 Å². The quantitative estimate of drug-likeness (QED) is 0.883. The van der Waals surface area contributed by atoms with Crippen molar-refractivity contribution >= 4 is 0 Å². The van der Waals surface area contributed by atoms with Crippen LogP contribution in [0.3, 0.4) is 0 Å². The van der Waals surface area contributed by atoms with Gasteiger partial charge in [0.05, 0.1) is 11.7 Å². The first kappa shape index (κ1) is 15.4. The van der Waals surface area contributed by atoms with Gasteiger partial charge in [0.2, 0.25) is 0 Å². The lowest BCUT2D eigenvalue weighted by Gasteiger charge is -2.23. The molecule has 0 saturated heterocycles. The van der Waals surface area contributed by atoms with Gasteiger partial charge >= 0.3 is 0 Å². The molecule has 1 aliphatic carbocycles. The molecule has 1 unspecified atom stereocenters. The molecule has 0 radical (unpaired) electrons. The first-order valence-corrected chi connectivity index (χ1v) is 7.54. The van der Waals surface area contributed by atoms with Crippen molar-refractivity contribution in [3.63, 3.8) is 0 Å². The minimum Gasteiger partial charge on any atom is -0.387 e. The van der Waals surface area contributed by atoms with E-state index in [0.29, 0.717) is 6.04 Å². The third-order valence-electron chi connectivity index (χ3n) is 4.04. The normalized spacial score (nSPS) is 19.4. The lowest BCUT2D eigenvalue weighted by molar-refractivity contribution is 0.157. The van der Waals surface area contributed by atoms with E-state index in [-0.39, 0.29) is 12.1 Å². The van der Waals surface area contributed by atoms with Crippen LogP contribution in [0.2, 0.25) is 0 Å². The number of hydrogen-bond acceptors (Lipinski definition) is 2. The molecule has 0 aliphatic heterocycles. The molecule has 0 bridgehead atoms. The Hall–Kier alpha value is -1.00. The molecule has 2 N–H and O–H groups in total. The van der Waals surface area contributed by atoms with Gasteiger partial charge in [0.1, 0.15) is 11.6 Å². The van der Waals surface area contributed by atoms with Crippen molar-refractivity contribution in [2.45, 2.75) is 57.1 Å². The highest BCUT2D eigenvalue weighted by molar-refractivity contribution is 5.22. The molecule has 20 heavy (non-hydrogen) atoms. The van der Waals surface area contributed by atoms with Crippen molar-refractivity contribution in [1.82, 2.24) is 5.32 Å². The van der Waals surface area contributed by atoms with Crippen molar-refractivity contribution in [2.75, 3.05) is 6.54 Å². The number of aliphatic hydroxyl groups excluding tert-OH is 1. The molecule has 1 aromatic rings. The summed E-state index contributed by atoms with van der Waals surface area (Å²) in [6, 6.07) is 4.01. The molecule has 1 fully saturated rings. The Morgan fingerprint density at radius 1 is 1.05 bits per heavy atom. The Morgan fingerprint density at radius 3 is 2.20 bits per heavy atom. The molecular formula is C16H23F2NO. The minimum atomic E-state index is -1.14. The van der Waals surface area contributed by atoms with E-state index in [9.17, 15) is 13.9 Å². The monoisotopic (exact) mass is 283 g/mol. The van der Waals surface area contributed by atoms with Gasteiger partial charge < -0.3 is 10.4 Å². The number of rotatable bonds is 4. The van der Waals surface area contributed by atoms with Gasteiger partial charge in [-0.25, -0.2) is 8.78 Å². The Bertz CT molecular complexity index is 397. The standard InChI is InChI=1S/C16H23F2NO/c17-13-9-6-10-14(18)16(13)15(20)11-19-12-7-4-2-1-3-5-8-12/h6,9-10,12,15,19-20H,1-5,7-8,11H2. The van der Waals surface area contributed by atoms with Gasteiger partial charge in [-0.05, 0) is 25.0 Å². The van der Waals surface area contributed by atoms with Gasteiger partial charge in [-0.1, -0.05) is 38.2 Å². The number of nitrogens with one attached hydrogen (secondary N) is 1. The maximum absolute atomic E-state index is 13.6. The van der Waals surface area contributed by atoms with Crippen molar-refractivity contribution in [1.29, 1.82) is 0 Å². The zero-order valence-electron chi connectivity index (χ0n) is 11.7. The molecule has 1 aromatic carbocycles. The average Bonchev–Trinajstić information content (AvgIpc) is 2.37. The smallest absolute Gasteiger partial charge is 0.131 e. The minimum absolute atomic E-state index is 0.197. The summed E-state index contributed by atoms with van der Waals surface area (Å²) in [4.78, 5) is 0. The van der Waals surface area contributed by atoms with Gasteiger partial charge in [0, 0.05) is 12.6 Å². The first-order valence-electron chi connectivity index (χ1n) is 7.54. The molecule has 2 rings (SSSR count). The van der Waals surface area contributed by atoms with E-state index in [2.05, 4.69) is 5.32 Å². The maximum Gasteiger partial charge on any atom is 0.131 e. The van der Waals surface area contributed by atoms with Gasteiger partial charge in [0.25, 0.3) is 0 Å². The third kappa shape index (κ3) is 4.25. The zero-order chi connectivity index (χ0) is 14.4. The van der Waals surface area contributed by atoms with E-state index in [0.717, 1.165) is 12.8 Å². The average molecular weight is 283 g/mol. The molecule has 0 spiro atoms. The second-order valence-electron chi connectivity index (χ2n) is 5.60. The molecule has 0 aromatic heterocycles. The molecule has 1 aliphatic rings. The summed E-state index contributed by atoms with van der Waals surface area (Å²) in [5, 5.41) is 13.3. The molecule has 0 amide bonds. The van der Waals surface area contributed by atoms with Gasteiger partial charge in [-0.15, -0.1) is 0 Å². The molecule has 112 valence electrons. The van der Waals surface area contributed by atoms with E-state index >= 15 is 0 Å². The summed E-state index contributed by atoms with van der Waals surface area (Å²) in [5.41, 5.74) is -0.231. The zero-order valence-corrected chi connectivity index (χ0v) is 11.7. The highest BCUT2D eigenvalue weighted by Crippen LogP contribution is 2.21. The van der Waals surface area contributed by atoms with Gasteiger partial charge in [0.15, 0.2) is 0 Å². The third-order valence-corrected chi connectivity index (χ3v) is 4.04. The fraction of sp³-hybridized carbons (Fsp3) is 0.625. The van der Waals surface area contributed by atoms with Crippen LogP contribution >= 0.6 is 0 Å². The molecule has 2 nitrogen and oxygen atoms in total. The van der Waals surface area contributed by atoms with Crippen molar-refractivity contribution < 1.29 is 13.9 Å². The summed E-state index contributed by atoms with van der Waals surface area (Å²) < 4.78 is 27.1. The Kier molecular flexibility index (Phi) is 5.92. The maximum atomic E-state index is 13.6. The summed E-state index contributed by atoms with van der Waals surface area (Å²) in [5.74, 6) is -1.37. The number of hydrogen-bond donors (Lipinski definition) is 2. The van der Waals surface area contributed by atoms with E-state index in [1.165, 1.54) is 50.3 Å². The molecule has 1 saturated carbocycles. The Morgan fingerprint density at radius 2 is 1.60 bits per heavy atom. The number of benzene rings is 1. The van der Waals surface area contributed by atoms with E-state index in [1.807, 2.05) is 0 Å². The lowest BCUT2D eigenvalue weighted by Crippen LogP contribution is -2.33. The van der Waals surface area contributed by atoms with E-state index in [1.54, 1.807) is 0 Å².